The van der Waals surface area contributed by atoms with Crippen LogP contribution in [-0.4, -0.2) is 29.8 Å². The van der Waals surface area contributed by atoms with Gasteiger partial charge in [-0.1, -0.05) is 60.1 Å². The number of hydrogen-bond acceptors (Lipinski definition) is 4. The van der Waals surface area contributed by atoms with Gasteiger partial charge in [0.2, 0.25) is 0 Å². The Bertz CT molecular complexity index is 1240. The molecule has 1 unspecified atom stereocenters. The Kier molecular flexibility index (Phi) is 7.02. The van der Waals surface area contributed by atoms with Crippen LogP contribution in [0.1, 0.15) is 114 Å². The first-order valence-corrected chi connectivity index (χ1v) is 16.6. The molecule has 5 aliphatic rings. The Morgan fingerprint density at radius 3 is 2.27 bits per heavy atom. The van der Waals surface area contributed by atoms with E-state index in [-0.39, 0.29) is 62.5 Å². The number of carbonyl (C=O) groups is 3. The number of hydrogen-bond donors (Lipinski definition) is 1. The van der Waals surface area contributed by atoms with E-state index in [9.17, 15) is 14.4 Å². The van der Waals surface area contributed by atoms with Gasteiger partial charge in [0.05, 0.1) is 4.48 Å². The Labute approximate surface area is 256 Å². The van der Waals surface area contributed by atoms with E-state index < -0.39 is 11.0 Å². The zero-order valence-electron chi connectivity index (χ0n) is 27.1. The summed E-state index contributed by atoms with van der Waals surface area (Å²) >= 11 is 3.62. The molecule has 0 heterocycles. The topological polar surface area (TPSA) is 72.5 Å². The molecule has 0 aromatic rings. The summed E-state index contributed by atoms with van der Waals surface area (Å²) in [6.45, 7) is 22.2. The van der Waals surface area contributed by atoms with Crippen molar-refractivity contribution in [2.75, 3.05) is 6.54 Å². The number of amides is 1. The van der Waals surface area contributed by atoms with Gasteiger partial charge in [0.25, 0.3) is 0 Å². The zero-order valence-corrected chi connectivity index (χ0v) is 28.6. The highest BCUT2D eigenvalue weighted by molar-refractivity contribution is 9.12. The normalized spacial score (nSPS) is 43.0. The molecule has 5 rings (SSSR count). The van der Waals surface area contributed by atoms with E-state index in [0.717, 1.165) is 44.9 Å². The lowest BCUT2D eigenvalue weighted by Crippen LogP contribution is -2.65. The molecule has 5 aliphatic carbocycles. The fourth-order valence-corrected chi connectivity index (χ4v) is 11.4. The monoisotopic (exact) mass is 629 g/mol. The molecule has 41 heavy (non-hydrogen) atoms. The summed E-state index contributed by atoms with van der Waals surface area (Å²) in [4.78, 5) is 40.6. The number of carbonyl (C=O) groups excluding carboxylic acids is 3. The fraction of sp³-hybridized carbons (Fsp3) is 0.800. The number of Topliss-reactive ketones (excluding diaryl/α,β-unsaturated/α-hetero) is 1. The molecule has 5 nitrogen and oxygen atoms in total. The summed E-state index contributed by atoms with van der Waals surface area (Å²) < 4.78 is 6.26. The molecule has 1 amide bonds. The second-order valence-corrected chi connectivity index (χ2v) is 18.2. The average Bonchev–Trinajstić information content (AvgIpc) is 2.82. The van der Waals surface area contributed by atoms with Gasteiger partial charge in [-0.05, 0) is 121 Å². The molecule has 0 spiro atoms. The van der Waals surface area contributed by atoms with Gasteiger partial charge >= 0.3 is 6.09 Å². The van der Waals surface area contributed by atoms with Crippen LogP contribution >= 0.6 is 15.9 Å². The summed E-state index contributed by atoms with van der Waals surface area (Å²) in [5.74, 6) is 0.686. The van der Waals surface area contributed by atoms with Crippen molar-refractivity contribution < 1.29 is 19.1 Å². The van der Waals surface area contributed by atoms with Gasteiger partial charge < -0.3 is 10.1 Å². The Hall–Kier alpha value is -1.43. The number of nitrogens with one attached hydrogen (secondary N) is 1. The van der Waals surface area contributed by atoms with Gasteiger partial charge in [0, 0.05) is 23.3 Å². The van der Waals surface area contributed by atoms with Crippen LogP contribution in [-0.2, 0) is 14.3 Å². The summed E-state index contributed by atoms with van der Waals surface area (Å²) in [5.41, 5.74) is -0.472. The van der Waals surface area contributed by atoms with Crippen molar-refractivity contribution in [2.45, 2.75) is 120 Å². The maximum atomic E-state index is 14.6. The number of rotatable bonds is 2. The molecule has 7 atom stereocenters. The third-order valence-electron chi connectivity index (χ3n) is 12.9. The van der Waals surface area contributed by atoms with Crippen molar-refractivity contribution >= 4 is 33.6 Å². The van der Waals surface area contributed by atoms with Crippen molar-refractivity contribution in [1.82, 2.24) is 5.32 Å². The lowest BCUT2D eigenvalue weighted by atomic mass is 9.34. The lowest BCUT2D eigenvalue weighted by Gasteiger charge is -2.69. The largest absolute Gasteiger partial charge is 0.444 e. The highest BCUT2D eigenvalue weighted by atomic mass is 79.9. The predicted molar refractivity (Wildman–Crippen MR) is 166 cm³/mol. The Morgan fingerprint density at radius 2 is 1.63 bits per heavy atom. The molecule has 0 aliphatic heterocycles. The van der Waals surface area contributed by atoms with E-state index in [1.54, 1.807) is 0 Å². The van der Waals surface area contributed by atoms with Crippen LogP contribution in [0.4, 0.5) is 4.79 Å². The average molecular weight is 631 g/mol. The van der Waals surface area contributed by atoms with Crippen molar-refractivity contribution in [1.29, 1.82) is 0 Å². The molecule has 0 aromatic heterocycles. The second kappa shape index (κ2) is 9.29. The van der Waals surface area contributed by atoms with Crippen LogP contribution in [0.3, 0.4) is 0 Å². The van der Waals surface area contributed by atoms with Crippen molar-refractivity contribution in [3.05, 3.63) is 22.2 Å². The highest BCUT2D eigenvalue weighted by Crippen LogP contribution is 2.74. The van der Waals surface area contributed by atoms with E-state index in [4.69, 9.17) is 4.74 Å². The summed E-state index contributed by atoms with van der Waals surface area (Å²) in [6.07, 6.45) is 10.8. The van der Waals surface area contributed by atoms with Crippen molar-refractivity contribution in [2.24, 2.45) is 50.2 Å². The molecule has 0 saturated heterocycles. The van der Waals surface area contributed by atoms with Crippen LogP contribution < -0.4 is 5.32 Å². The minimum atomic E-state index is -0.549. The molecule has 3 saturated carbocycles. The molecular weight excluding hydrogens is 578 g/mol. The predicted octanol–water partition coefficient (Wildman–Crippen LogP) is 8.56. The fourth-order valence-electron chi connectivity index (χ4n) is 10.5. The van der Waals surface area contributed by atoms with Gasteiger partial charge in [-0.2, -0.15) is 0 Å². The van der Waals surface area contributed by atoms with E-state index >= 15 is 0 Å². The van der Waals surface area contributed by atoms with E-state index in [1.165, 1.54) is 5.57 Å². The third-order valence-corrected chi connectivity index (χ3v) is 13.4. The first kappa shape index (κ1) is 31.0. The molecule has 0 bridgehead atoms. The molecular formula is C35H52BrNO4. The molecule has 0 radical (unpaired) electrons. The third kappa shape index (κ3) is 4.54. The number of ether oxygens (including phenoxy) is 1. The molecule has 6 heteroatoms. The van der Waals surface area contributed by atoms with Gasteiger partial charge in [-0.3, -0.25) is 9.59 Å². The SMILES string of the molecule is CC1(C)CC[C@]2(CNC(=O)OC(C)(C)C)CC[C@]3(C)[C@H](C(=O)C=C4[C@@]5(C)C=C(Br)C(=O)C(C)(C)[C@@H]5CC[C@]43C)C2C1. The standard InChI is InChI=1S/C35H52BrNO4/c1-29(2,3)41-28(40)37-20-35-15-13-30(4,5)18-21(35)26-23(38)17-25-32(8)19-22(36)27(39)31(6,7)24(32)11-12-33(25,9)34(26,10)14-16-35/h17,19,21,24,26H,11-16,18,20H2,1-10H3,(H,37,40)/t21?,24-,26-,32-,33+,34+,35+/m0/s1. The minimum absolute atomic E-state index is 0.0872. The minimum Gasteiger partial charge on any atom is -0.444 e. The van der Waals surface area contributed by atoms with Gasteiger partial charge in [0.1, 0.15) is 5.60 Å². The zero-order chi connectivity index (χ0) is 30.6. The summed E-state index contributed by atoms with van der Waals surface area (Å²) in [5, 5.41) is 3.14. The Morgan fingerprint density at radius 1 is 1.00 bits per heavy atom. The van der Waals surface area contributed by atoms with Crippen molar-refractivity contribution in [3.8, 4) is 0 Å². The summed E-state index contributed by atoms with van der Waals surface area (Å²) in [7, 11) is 0. The van der Waals surface area contributed by atoms with Crippen LogP contribution in [0.5, 0.6) is 0 Å². The van der Waals surface area contributed by atoms with Crippen LogP contribution in [0, 0.1) is 50.2 Å². The number of allylic oxidation sites excluding steroid dienone is 4. The van der Waals surface area contributed by atoms with Gasteiger partial charge in [0.15, 0.2) is 11.6 Å². The molecule has 1 N–H and O–H groups in total. The van der Waals surface area contributed by atoms with Gasteiger partial charge in [-0.15, -0.1) is 0 Å². The van der Waals surface area contributed by atoms with E-state index in [2.05, 4.69) is 75.8 Å². The lowest BCUT2D eigenvalue weighted by molar-refractivity contribution is -0.170. The first-order valence-electron chi connectivity index (χ1n) is 15.8. The molecule has 3 fully saturated rings. The van der Waals surface area contributed by atoms with Crippen LogP contribution in [0.15, 0.2) is 22.2 Å². The number of alkyl carbamates (subject to hydrolysis) is 1. The second-order valence-electron chi connectivity index (χ2n) is 17.3. The van der Waals surface area contributed by atoms with Crippen molar-refractivity contribution in [3.63, 3.8) is 0 Å². The smallest absolute Gasteiger partial charge is 0.407 e. The van der Waals surface area contributed by atoms with Crippen LogP contribution in [0.2, 0.25) is 0 Å². The number of halogens is 1. The van der Waals surface area contributed by atoms with Gasteiger partial charge in [-0.25, -0.2) is 4.79 Å². The number of fused-ring (bicyclic) bond motifs is 7. The molecule has 0 aromatic carbocycles. The van der Waals surface area contributed by atoms with Crippen LogP contribution in [0.25, 0.3) is 0 Å². The first-order chi connectivity index (χ1) is 18.6. The maximum Gasteiger partial charge on any atom is 0.407 e. The molecule has 228 valence electrons. The van der Waals surface area contributed by atoms with E-state index in [1.807, 2.05) is 26.8 Å². The summed E-state index contributed by atoms with van der Waals surface area (Å²) in [6, 6.07) is 0. The Balaban J connectivity index is 1.57. The number of ketones is 2. The highest BCUT2D eigenvalue weighted by Gasteiger charge is 2.69. The maximum absolute atomic E-state index is 14.6. The quantitative estimate of drug-likeness (QED) is 0.332. The van der Waals surface area contributed by atoms with E-state index in [0.29, 0.717) is 11.0 Å².